The van der Waals surface area contributed by atoms with Crippen LogP contribution in [-0.4, -0.2) is 38.1 Å². The second-order valence-electron chi connectivity index (χ2n) is 5.43. The summed E-state index contributed by atoms with van der Waals surface area (Å²) in [5.74, 6) is -0.164. The van der Waals surface area contributed by atoms with Gasteiger partial charge in [0.05, 0.1) is 27.0 Å². The highest BCUT2D eigenvalue weighted by atomic mass is 19.1. The number of hydrazone groups is 1. The van der Waals surface area contributed by atoms with Gasteiger partial charge in [-0.25, -0.2) is 9.82 Å². The summed E-state index contributed by atoms with van der Waals surface area (Å²) in [6.07, 6.45) is 0.368. The summed E-state index contributed by atoms with van der Waals surface area (Å²) in [5.41, 5.74) is 3.17. The Kier molecular flexibility index (Phi) is 6.59. The van der Waals surface area contributed by atoms with E-state index in [4.69, 9.17) is 14.2 Å². The average molecular weight is 376 g/mol. The summed E-state index contributed by atoms with van der Waals surface area (Å²) < 4.78 is 29.1. The number of ether oxygens (including phenoxy) is 3. The molecular weight excluding hydrogens is 355 g/mol. The first kappa shape index (κ1) is 20.0. The number of hydrogen-bond acceptors (Lipinski definition) is 6. The maximum Gasteiger partial charge on any atom is 0.271 e. The van der Waals surface area contributed by atoms with Crippen molar-refractivity contribution in [2.24, 2.45) is 5.10 Å². The van der Waals surface area contributed by atoms with Gasteiger partial charge in [0.2, 0.25) is 5.75 Å². The van der Waals surface area contributed by atoms with Crippen molar-refractivity contribution in [1.29, 1.82) is 0 Å². The zero-order chi connectivity index (χ0) is 20.0. The number of amides is 1. The number of hydrogen-bond donors (Lipinski definition) is 2. The van der Waals surface area contributed by atoms with E-state index in [0.717, 1.165) is 12.1 Å². The Morgan fingerprint density at radius 3 is 2.26 bits per heavy atom. The van der Waals surface area contributed by atoms with Crippen molar-refractivity contribution in [3.05, 3.63) is 47.3 Å². The molecule has 144 valence electrons. The average Bonchev–Trinajstić information content (AvgIpc) is 2.69. The van der Waals surface area contributed by atoms with Crippen molar-refractivity contribution in [2.45, 2.75) is 13.3 Å². The van der Waals surface area contributed by atoms with E-state index in [1.807, 2.05) is 0 Å². The van der Waals surface area contributed by atoms with E-state index >= 15 is 0 Å². The van der Waals surface area contributed by atoms with Crippen molar-refractivity contribution < 1.29 is 28.5 Å². The summed E-state index contributed by atoms with van der Waals surface area (Å²) in [7, 11) is 4.35. The number of phenolic OH excluding ortho intramolecular Hbond substituents is 1. The molecular formula is C19H21FN2O5. The van der Waals surface area contributed by atoms with Crippen LogP contribution in [0.4, 0.5) is 4.39 Å². The predicted molar refractivity (Wildman–Crippen MR) is 98.5 cm³/mol. The lowest BCUT2D eigenvalue weighted by Crippen LogP contribution is -2.20. The van der Waals surface area contributed by atoms with E-state index in [1.165, 1.54) is 39.5 Å². The molecule has 0 unspecified atom stereocenters. The van der Waals surface area contributed by atoms with Crippen LogP contribution in [0.3, 0.4) is 0 Å². The number of benzene rings is 2. The lowest BCUT2D eigenvalue weighted by Gasteiger charge is -2.13. The van der Waals surface area contributed by atoms with Crippen LogP contribution in [0.5, 0.6) is 23.0 Å². The molecule has 27 heavy (non-hydrogen) atoms. The van der Waals surface area contributed by atoms with Crippen LogP contribution in [0.25, 0.3) is 0 Å². The van der Waals surface area contributed by atoms with Crippen molar-refractivity contribution in [2.75, 3.05) is 21.3 Å². The van der Waals surface area contributed by atoms with Crippen LogP contribution in [-0.2, 0) is 0 Å². The minimum absolute atomic E-state index is 0.126. The van der Waals surface area contributed by atoms with Crippen molar-refractivity contribution >= 4 is 11.6 Å². The molecule has 0 atom stereocenters. The van der Waals surface area contributed by atoms with Gasteiger partial charge in [0.1, 0.15) is 11.6 Å². The van der Waals surface area contributed by atoms with Gasteiger partial charge in [-0.05, 0) is 36.8 Å². The number of carbonyl (C=O) groups is 1. The number of methoxy groups -OCH3 is 3. The topological polar surface area (TPSA) is 89.4 Å². The smallest absolute Gasteiger partial charge is 0.271 e. The highest BCUT2D eigenvalue weighted by molar-refractivity contribution is 6.04. The van der Waals surface area contributed by atoms with E-state index < -0.39 is 11.7 Å². The third-order valence-electron chi connectivity index (χ3n) is 3.82. The van der Waals surface area contributed by atoms with E-state index in [0.29, 0.717) is 29.4 Å². The molecule has 0 bridgehead atoms. The molecule has 0 heterocycles. The van der Waals surface area contributed by atoms with E-state index in [1.54, 1.807) is 6.92 Å². The maximum absolute atomic E-state index is 13.5. The van der Waals surface area contributed by atoms with Gasteiger partial charge in [0, 0.05) is 11.1 Å². The maximum atomic E-state index is 13.5. The summed E-state index contributed by atoms with van der Waals surface area (Å²) in [6, 6.07) is 6.50. The quantitative estimate of drug-likeness (QED) is 0.573. The second kappa shape index (κ2) is 8.88. The fourth-order valence-electron chi connectivity index (χ4n) is 2.46. The lowest BCUT2D eigenvalue weighted by atomic mass is 10.1. The Morgan fingerprint density at radius 2 is 1.74 bits per heavy atom. The Morgan fingerprint density at radius 1 is 1.11 bits per heavy atom. The Bertz CT molecular complexity index is 842. The van der Waals surface area contributed by atoms with Gasteiger partial charge in [-0.15, -0.1) is 0 Å². The summed E-state index contributed by atoms with van der Waals surface area (Å²) in [6.45, 7) is 1.77. The van der Waals surface area contributed by atoms with Gasteiger partial charge in [0.15, 0.2) is 11.5 Å². The first-order valence-corrected chi connectivity index (χ1v) is 8.10. The summed E-state index contributed by atoms with van der Waals surface area (Å²) in [5, 5.41) is 13.9. The number of rotatable bonds is 7. The predicted octanol–water partition coefficient (Wildman–Crippen LogP) is 3.10. The fraction of sp³-hybridized carbons (Fsp3) is 0.263. The van der Waals surface area contributed by atoms with Crippen LogP contribution in [0, 0.1) is 5.82 Å². The SMILES string of the molecule is CC/C(=N\NC(=O)c1cc(OC)c(OC)c(OC)c1)c1cc(F)ccc1O. The Hall–Kier alpha value is -3.29. The zero-order valence-corrected chi connectivity index (χ0v) is 15.5. The number of aromatic hydroxyl groups is 1. The summed E-state index contributed by atoms with van der Waals surface area (Å²) >= 11 is 0. The molecule has 0 aliphatic carbocycles. The molecule has 8 heteroatoms. The number of nitrogens with one attached hydrogen (secondary N) is 1. The van der Waals surface area contributed by atoms with Gasteiger partial charge in [-0.2, -0.15) is 5.10 Å². The molecule has 2 N–H and O–H groups in total. The fourth-order valence-corrected chi connectivity index (χ4v) is 2.46. The van der Waals surface area contributed by atoms with Crippen molar-refractivity contribution in [3.63, 3.8) is 0 Å². The zero-order valence-electron chi connectivity index (χ0n) is 15.5. The molecule has 0 saturated carbocycles. The van der Waals surface area contributed by atoms with Crippen molar-refractivity contribution in [1.82, 2.24) is 5.43 Å². The molecule has 0 aliphatic rings. The van der Waals surface area contributed by atoms with Gasteiger partial charge < -0.3 is 19.3 Å². The molecule has 2 aromatic rings. The molecule has 0 aliphatic heterocycles. The minimum Gasteiger partial charge on any atom is -0.507 e. The van der Waals surface area contributed by atoms with E-state index in [9.17, 15) is 14.3 Å². The van der Waals surface area contributed by atoms with Crippen molar-refractivity contribution in [3.8, 4) is 23.0 Å². The Labute approximate surface area is 156 Å². The van der Waals surface area contributed by atoms with Gasteiger partial charge in [-0.1, -0.05) is 6.92 Å². The van der Waals surface area contributed by atoms with Crippen LogP contribution in [0.1, 0.15) is 29.3 Å². The highest BCUT2D eigenvalue weighted by Gasteiger charge is 2.17. The van der Waals surface area contributed by atoms with Crippen LogP contribution in [0.15, 0.2) is 35.4 Å². The summed E-state index contributed by atoms with van der Waals surface area (Å²) in [4.78, 5) is 12.5. The first-order chi connectivity index (χ1) is 12.9. The molecule has 0 fully saturated rings. The monoisotopic (exact) mass is 376 g/mol. The molecule has 2 rings (SSSR count). The van der Waals surface area contributed by atoms with Crippen LogP contribution in [0.2, 0.25) is 0 Å². The lowest BCUT2D eigenvalue weighted by molar-refractivity contribution is 0.0954. The van der Waals surface area contributed by atoms with Gasteiger partial charge in [0.25, 0.3) is 5.91 Å². The second-order valence-corrected chi connectivity index (χ2v) is 5.43. The normalized spacial score (nSPS) is 11.1. The van der Waals surface area contributed by atoms with Crippen LogP contribution >= 0.6 is 0 Å². The number of carbonyl (C=O) groups excluding carboxylic acids is 1. The molecule has 0 aromatic heterocycles. The molecule has 0 saturated heterocycles. The number of halogens is 1. The van der Waals surface area contributed by atoms with E-state index in [2.05, 4.69) is 10.5 Å². The molecule has 2 aromatic carbocycles. The molecule has 7 nitrogen and oxygen atoms in total. The third kappa shape index (κ3) is 4.46. The first-order valence-electron chi connectivity index (χ1n) is 8.10. The van der Waals surface area contributed by atoms with E-state index in [-0.39, 0.29) is 16.9 Å². The van der Waals surface area contributed by atoms with Gasteiger partial charge in [-0.3, -0.25) is 4.79 Å². The van der Waals surface area contributed by atoms with Gasteiger partial charge >= 0.3 is 0 Å². The standard InChI is InChI=1S/C19H21FN2O5/c1-5-14(13-10-12(20)6-7-15(13)23)21-22-19(24)11-8-16(25-2)18(27-4)17(9-11)26-3/h6-10,23H,5H2,1-4H3,(H,22,24)/b21-14+. The highest BCUT2D eigenvalue weighted by Crippen LogP contribution is 2.38. The molecule has 1 amide bonds. The molecule has 0 spiro atoms. The van der Waals surface area contributed by atoms with Crippen LogP contribution < -0.4 is 19.6 Å². The number of phenols is 1. The minimum atomic E-state index is -0.531. The third-order valence-corrected chi connectivity index (χ3v) is 3.82. The number of nitrogens with zero attached hydrogens (tertiary/aromatic N) is 1. The molecule has 0 radical (unpaired) electrons. The Balaban J connectivity index is 2.33. The largest absolute Gasteiger partial charge is 0.507 e.